The second-order valence-corrected chi connectivity index (χ2v) is 6.97. The molecule has 1 fully saturated rings. The van der Waals surface area contributed by atoms with Gasteiger partial charge in [-0.05, 0) is 26.0 Å². The van der Waals surface area contributed by atoms with Crippen molar-refractivity contribution >= 4 is 41.7 Å². The number of halogens is 1. The first-order chi connectivity index (χ1) is 11.8. The molecule has 5 nitrogen and oxygen atoms in total. The highest BCUT2D eigenvalue weighted by Crippen LogP contribution is 2.15. The lowest BCUT2D eigenvalue weighted by Crippen LogP contribution is -2.44. The third-order valence-corrected chi connectivity index (χ3v) is 4.95. The summed E-state index contributed by atoms with van der Waals surface area (Å²) in [6.07, 6.45) is 0. The Labute approximate surface area is 173 Å². The van der Waals surface area contributed by atoms with Gasteiger partial charge in [-0.2, -0.15) is 0 Å². The van der Waals surface area contributed by atoms with Crippen molar-refractivity contribution in [3.63, 3.8) is 0 Å². The highest BCUT2D eigenvalue weighted by atomic mass is 127. The summed E-state index contributed by atoms with van der Waals surface area (Å²) < 4.78 is 5.41. The third-order valence-electron chi connectivity index (χ3n) is 3.93. The molecule has 7 heteroatoms. The average Bonchev–Trinajstić information content (AvgIpc) is 2.64. The molecule has 0 spiro atoms. The van der Waals surface area contributed by atoms with E-state index in [-0.39, 0.29) is 24.0 Å². The van der Waals surface area contributed by atoms with Crippen molar-refractivity contribution in [2.75, 3.05) is 51.7 Å². The number of morpholine rings is 1. The van der Waals surface area contributed by atoms with Crippen molar-refractivity contribution in [3.05, 3.63) is 30.3 Å². The molecule has 2 rings (SSSR count). The van der Waals surface area contributed by atoms with E-state index in [1.165, 1.54) is 4.90 Å². The maximum absolute atomic E-state index is 5.41. The maximum Gasteiger partial charge on any atom is 0.191 e. The van der Waals surface area contributed by atoms with Gasteiger partial charge in [0.2, 0.25) is 0 Å². The molecule has 1 aliphatic heterocycles. The van der Waals surface area contributed by atoms with E-state index < -0.39 is 0 Å². The fourth-order valence-electron chi connectivity index (χ4n) is 2.55. The predicted molar refractivity (Wildman–Crippen MR) is 118 cm³/mol. The Bertz CT molecular complexity index is 483. The SMILES string of the molecule is CCNC(=NCC(C)N1CCOCC1)NCCSc1ccccc1.I. The van der Waals surface area contributed by atoms with E-state index in [1.807, 2.05) is 17.8 Å². The molecular weight excluding hydrogens is 447 g/mol. The fraction of sp³-hybridized carbons (Fsp3) is 0.611. The number of aliphatic imine (C=N–C) groups is 1. The predicted octanol–water partition coefficient (Wildman–Crippen LogP) is 2.67. The van der Waals surface area contributed by atoms with E-state index >= 15 is 0 Å². The topological polar surface area (TPSA) is 48.9 Å². The van der Waals surface area contributed by atoms with Gasteiger partial charge in [0, 0.05) is 42.9 Å². The van der Waals surface area contributed by atoms with E-state index in [4.69, 9.17) is 9.73 Å². The van der Waals surface area contributed by atoms with Gasteiger partial charge in [-0.25, -0.2) is 0 Å². The average molecular weight is 478 g/mol. The summed E-state index contributed by atoms with van der Waals surface area (Å²) in [7, 11) is 0. The van der Waals surface area contributed by atoms with Crippen LogP contribution in [0.25, 0.3) is 0 Å². The van der Waals surface area contributed by atoms with Crippen molar-refractivity contribution in [3.8, 4) is 0 Å². The zero-order chi connectivity index (χ0) is 17.0. The zero-order valence-electron chi connectivity index (χ0n) is 15.2. The summed E-state index contributed by atoms with van der Waals surface area (Å²) in [6, 6.07) is 10.9. The third kappa shape index (κ3) is 9.12. The molecule has 0 aliphatic carbocycles. The van der Waals surface area contributed by atoms with Gasteiger partial charge in [0.1, 0.15) is 0 Å². The molecule has 142 valence electrons. The molecule has 1 aliphatic rings. The van der Waals surface area contributed by atoms with Crippen molar-refractivity contribution in [1.29, 1.82) is 0 Å². The summed E-state index contributed by atoms with van der Waals surface area (Å²) >= 11 is 1.86. The first kappa shape index (κ1) is 22.5. The molecule has 2 N–H and O–H groups in total. The number of benzene rings is 1. The van der Waals surface area contributed by atoms with Gasteiger partial charge in [0.25, 0.3) is 0 Å². The van der Waals surface area contributed by atoms with E-state index in [0.29, 0.717) is 6.04 Å². The minimum Gasteiger partial charge on any atom is -0.379 e. The normalized spacial score (nSPS) is 16.8. The molecule has 1 atom stereocenters. The molecule has 0 radical (unpaired) electrons. The maximum atomic E-state index is 5.41. The summed E-state index contributed by atoms with van der Waals surface area (Å²) in [4.78, 5) is 8.49. The summed E-state index contributed by atoms with van der Waals surface area (Å²) in [5.74, 6) is 1.93. The number of nitrogens with zero attached hydrogens (tertiary/aromatic N) is 2. The summed E-state index contributed by atoms with van der Waals surface area (Å²) in [5, 5.41) is 6.75. The van der Waals surface area contributed by atoms with E-state index in [0.717, 1.165) is 57.6 Å². The first-order valence-electron chi connectivity index (χ1n) is 8.81. The zero-order valence-corrected chi connectivity index (χ0v) is 18.4. The van der Waals surface area contributed by atoms with Crippen LogP contribution in [0.1, 0.15) is 13.8 Å². The van der Waals surface area contributed by atoms with Crippen LogP contribution in [0, 0.1) is 0 Å². The van der Waals surface area contributed by atoms with Crippen LogP contribution in [-0.2, 0) is 4.74 Å². The minimum atomic E-state index is 0. The number of hydrogen-bond donors (Lipinski definition) is 2. The first-order valence-corrected chi connectivity index (χ1v) is 9.80. The molecule has 1 aromatic rings. The van der Waals surface area contributed by atoms with Crippen molar-refractivity contribution < 1.29 is 4.74 Å². The highest BCUT2D eigenvalue weighted by molar-refractivity contribution is 14.0. The van der Waals surface area contributed by atoms with Crippen molar-refractivity contribution in [1.82, 2.24) is 15.5 Å². The Morgan fingerprint density at radius 2 is 1.96 bits per heavy atom. The number of rotatable bonds is 8. The van der Waals surface area contributed by atoms with Crippen LogP contribution < -0.4 is 10.6 Å². The van der Waals surface area contributed by atoms with Gasteiger partial charge < -0.3 is 15.4 Å². The van der Waals surface area contributed by atoms with Crippen LogP contribution in [0.2, 0.25) is 0 Å². The molecule has 25 heavy (non-hydrogen) atoms. The standard InChI is InChI=1S/C18H30N4OS.HI/c1-3-19-18(20-9-14-24-17-7-5-4-6-8-17)21-15-16(2)22-10-12-23-13-11-22;/h4-8,16H,3,9-15H2,1-2H3,(H2,19,20,21);1H. The van der Waals surface area contributed by atoms with E-state index in [1.54, 1.807) is 0 Å². The lowest BCUT2D eigenvalue weighted by atomic mass is 10.2. The molecule has 1 aromatic carbocycles. The van der Waals surface area contributed by atoms with Crippen LogP contribution >= 0.6 is 35.7 Å². The quantitative estimate of drug-likeness (QED) is 0.198. The lowest BCUT2D eigenvalue weighted by Gasteiger charge is -2.31. The largest absolute Gasteiger partial charge is 0.379 e. The van der Waals surface area contributed by atoms with E-state index in [2.05, 4.69) is 53.6 Å². The Balaban J connectivity index is 0.00000312. The lowest BCUT2D eigenvalue weighted by molar-refractivity contribution is 0.0220. The van der Waals surface area contributed by atoms with Crippen LogP contribution in [-0.4, -0.2) is 68.6 Å². The summed E-state index contributed by atoms with van der Waals surface area (Å²) in [6.45, 7) is 10.6. The van der Waals surface area contributed by atoms with E-state index in [9.17, 15) is 0 Å². The van der Waals surface area contributed by atoms with Crippen LogP contribution in [0.3, 0.4) is 0 Å². The second-order valence-electron chi connectivity index (χ2n) is 5.81. The molecule has 0 aromatic heterocycles. The number of ether oxygens (including phenoxy) is 1. The summed E-state index contributed by atoms with van der Waals surface area (Å²) in [5.41, 5.74) is 0. The van der Waals surface area contributed by atoms with Crippen LogP contribution in [0.4, 0.5) is 0 Å². The molecule has 1 saturated heterocycles. The number of guanidine groups is 1. The van der Waals surface area contributed by atoms with Gasteiger partial charge >= 0.3 is 0 Å². The molecule has 1 heterocycles. The number of nitrogens with one attached hydrogen (secondary N) is 2. The number of hydrogen-bond acceptors (Lipinski definition) is 4. The minimum absolute atomic E-state index is 0. The van der Waals surface area contributed by atoms with Gasteiger partial charge in [0.05, 0.1) is 19.8 Å². The molecule has 1 unspecified atom stereocenters. The monoisotopic (exact) mass is 478 g/mol. The van der Waals surface area contributed by atoms with Gasteiger partial charge in [0.15, 0.2) is 5.96 Å². The van der Waals surface area contributed by atoms with Crippen molar-refractivity contribution in [2.24, 2.45) is 4.99 Å². The van der Waals surface area contributed by atoms with Crippen LogP contribution in [0.15, 0.2) is 40.2 Å². The Hall–Kier alpha value is -0.510. The Kier molecular flexibility index (Phi) is 12.3. The van der Waals surface area contributed by atoms with Gasteiger partial charge in [-0.15, -0.1) is 35.7 Å². The molecule has 0 bridgehead atoms. The highest BCUT2D eigenvalue weighted by Gasteiger charge is 2.16. The second kappa shape index (κ2) is 13.7. The van der Waals surface area contributed by atoms with Crippen LogP contribution in [0.5, 0.6) is 0 Å². The smallest absolute Gasteiger partial charge is 0.191 e. The fourth-order valence-corrected chi connectivity index (χ4v) is 3.34. The molecule has 0 amide bonds. The molecular formula is C18H31IN4OS. The number of thioether (sulfide) groups is 1. The Morgan fingerprint density at radius 1 is 1.24 bits per heavy atom. The van der Waals surface area contributed by atoms with Gasteiger partial charge in [-0.3, -0.25) is 9.89 Å². The Morgan fingerprint density at radius 3 is 2.64 bits per heavy atom. The van der Waals surface area contributed by atoms with Crippen molar-refractivity contribution in [2.45, 2.75) is 24.8 Å². The molecule has 0 saturated carbocycles. The van der Waals surface area contributed by atoms with Gasteiger partial charge in [-0.1, -0.05) is 18.2 Å².